The molecule has 0 saturated heterocycles. The molecule has 0 aromatic heterocycles. The first-order chi connectivity index (χ1) is 23.0. The van der Waals surface area contributed by atoms with Crippen molar-refractivity contribution in [2.45, 2.75) is 219 Å². The topological polar surface area (TPSA) is 90.2 Å². The molecule has 0 saturated carbocycles. The van der Waals surface area contributed by atoms with Gasteiger partial charge in [0, 0.05) is 26.1 Å². The third kappa shape index (κ3) is 32.3. The summed E-state index contributed by atoms with van der Waals surface area (Å²) in [5, 5.41) is 31.6. The fraction of sp³-hybridized carbons (Fsp3) is 0.976. The summed E-state index contributed by atoms with van der Waals surface area (Å²) in [5.74, 6) is 0.309. The van der Waals surface area contributed by atoms with E-state index in [2.05, 4.69) is 25.7 Å². The third-order valence-corrected chi connectivity index (χ3v) is 9.88. The Hall–Kier alpha value is -0.690. The standard InChI is InChI=1S/C41H83NO5/c1-4-7-10-13-17-23-30-38(29-22-12-9-6-3)40(45)37-42(33-26-21-27-34-43)36-39(44)31-24-18-15-16-20-28-35-47-41(46)32-25-19-14-11-8-5-2/h38-40,43-45H,4-37H2,1-3H3/t38?,39-,40+/m0/s1. The minimum absolute atomic E-state index is 0.0373. The monoisotopic (exact) mass is 670 g/mol. The van der Waals surface area contributed by atoms with Crippen LogP contribution in [0.25, 0.3) is 0 Å². The van der Waals surface area contributed by atoms with Crippen LogP contribution in [0.3, 0.4) is 0 Å². The van der Waals surface area contributed by atoms with Crippen molar-refractivity contribution in [2.75, 3.05) is 32.8 Å². The summed E-state index contributed by atoms with van der Waals surface area (Å²) in [6.07, 6.45) is 32.0. The molecule has 0 aromatic carbocycles. The number of esters is 1. The van der Waals surface area contributed by atoms with Crippen LogP contribution >= 0.6 is 0 Å². The zero-order chi connectivity index (χ0) is 34.6. The molecular weight excluding hydrogens is 586 g/mol. The molecule has 1 unspecified atom stereocenters. The number of nitrogens with zero attached hydrogens (tertiary/aromatic N) is 1. The summed E-state index contributed by atoms with van der Waals surface area (Å²) in [5.41, 5.74) is 0. The Morgan fingerprint density at radius 3 is 1.60 bits per heavy atom. The van der Waals surface area contributed by atoms with Crippen LogP contribution in [0.5, 0.6) is 0 Å². The number of carbonyl (C=O) groups excluding carboxylic acids is 1. The van der Waals surface area contributed by atoms with Crippen molar-refractivity contribution in [3.63, 3.8) is 0 Å². The number of rotatable bonds is 38. The van der Waals surface area contributed by atoms with E-state index in [0.717, 1.165) is 96.4 Å². The average Bonchev–Trinajstić information content (AvgIpc) is 3.06. The summed E-state index contributed by atoms with van der Waals surface area (Å²) in [6.45, 7) is 9.66. The van der Waals surface area contributed by atoms with E-state index < -0.39 is 0 Å². The molecule has 3 N–H and O–H groups in total. The van der Waals surface area contributed by atoms with Crippen LogP contribution < -0.4 is 0 Å². The maximum Gasteiger partial charge on any atom is 0.305 e. The predicted octanol–water partition coefficient (Wildman–Crippen LogP) is 10.5. The van der Waals surface area contributed by atoms with E-state index in [1.807, 2.05) is 0 Å². The van der Waals surface area contributed by atoms with Gasteiger partial charge in [0.25, 0.3) is 0 Å². The first-order valence-corrected chi connectivity index (χ1v) is 20.8. The molecule has 3 atom stereocenters. The first kappa shape index (κ1) is 46.3. The molecular formula is C41H83NO5. The molecule has 0 aliphatic heterocycles. The highest BCUT2D eigenvalue weighted by Gasteiger charge is 2.23. The fourth-order valence-electron chi connectivity index (χ4n) is 6.73. The molecule has 0 bridgehead atoms. The number of ether oxygens (including phenoxy) is 1. The number of hydrogen-bond donors (Lipinski definition) is 3. The lowest BCUT2D eigenvalue weighted by atomic mass is 9.89. The second-order valence-corrected chi connectivity index (χ2v) is 14.6. The van der Waals surface area contributed by atoms with Crippen molar-refractivity contribution < 1.29 is 24.9 Å². The Bertz CT molecular complexity index is 633. The van der Waals surface area contributed by atoms with E-state index in [1.54, 1.807) is 0 Å². The van der Waals surface area contributed by atoms with Crippen molar-refractivity contribution in [3.05, 3.63) is 0 Å². The number of unbranched alkanes of at least 4 members (excludes halogenated alkanes) is 20. The molecule has 0 aliphatic rings. The molecule has 6 heteroatoms. The van der Waals surface area contributed by atoms with Crippen LogP contribution in [0, 0.1) is 5.92 Å². The summed E-state index contributed by atoms with van der Waals surface area (Å²) in [7, 11) is 0. The highest BCUT2D eigenvalue weighted by Crippen LogP contribution is 2.23. The van der Waals surface area contributed by atoms with Gasteiger partial charge in [0.05, 0.1) is 18.8 Å². The quantitative estimate of drug-likeness (QED) is 0.0448. The van der Waals surface area contributed by atoms with Gasteiger partial charge in [-0.1, -0.05) is 149 Å². The predicted molar refractivity (Wildman–Crippen MR) is 201 cm³/mol. The molecule has 0 aliphatic carbocycles. The summed E-state index contributed by atoms with van der Waals surface area (Å²) in [6, 6.07) is 0. The molecule has 0 aromatic rings. The summed E-state index contributed by atoms with van der Waals surface area (Å²) >= 11 is 0. The Labute approximate surface area is 293 Å². The minimum atomic E-state index is -0.368. The number of carbonyl (C=O) groups is 1. The number of hydrogen-bond acceptors (Lipinski definition) is 6. The maximum absolute atomic E-state index is 11.9. The van der Waals surface area contributed by atoms with Crippen LogP contribution in [-0.2, 0) is 9.53 Å². The van der Waals surface area contributed by atoms with E-state index in [0.29, 0.717) is 32.0 Å². The number of aliphatic hydroxyl groups excluding tert-OH is 3. The Morgan fingerprint density at radius 2 is 1.02 bits per heavy atom. The van der Waals surface area contributed by atoms with Crippen LogP contribution in [0.15, 0.2) is 0 Å². The van der Waals surface area contributed by atoms with Gasteiger partial charge in [-0.05, 0) is 63.8 Å². The highest BCUT2D eigenvalue weighted by molar-refractivity contribution is 5.69. The van der Waals surface area contributed by atoms with Crippen molar-refractivity contribution in [1.82, 2.24) is 4.90 Å². The Kier molecular flexibility index (Phi) is 36.0. The minimum Gasteiger partial charge on any atom is -0.466 e. The maximum atomic E-state index is 11.9. The van der Waals surface area contributed by atoms with Gasteiger partial charge in [-0.25, -0.2) is 0 Å². The molecule has 282 valence electrons. The van der Waals surface area contributed by atoms with Gasteiger partial charge in [-0.2, -0.15) is 0 Å². The largest absolute Gasteiger partial charge is 0.466 e. The van der Waals surface area contributed by atoms with Crippen LogP contribution in [0.4, 0.5) is 0 Å². The van der Waals surface area contributed by atoms with E-state index in [-0.39, 0.29) is 24.8 Å². The van der Waals surface area contributed by atoms with E-state index in [9.17, 15) is 20.1 Å². The second-order valence-electron chi connectivity index (χ2n) is 14.6. The van der Waals surface area contributed by atoms with E-state index in [4.69, 9.17) is 4.74 Å². The Balaban J connectivity index is 4.42. The SMILES string of the molecule is CCCCCCCCC(=O)OCCCCCCCC[C@H](O)CN(CCCCCO)C[C@@H](O)C(CCCCCC)CCCCCCCC. The van der Waals surface area contributed by atoms with Gasteiger partial charge >= 0.3 is 5.97 Å². The normalized spacial score (nSPS) is 13.7. The molecule has 47 heavy (non-hydrogen) atoms. The lowest BCUT2D eigenvalue weighted by Crippen LogP contribution is -2.41. The fourth-order valence-corrected chi connectivity index (χ4v) is 6.73. The van der Waals surface area contributed by atoms with Gasteiger partial charge in [-0.15, -0.1) is 0 Å². The zero-order valence-electron chi connectivity index (χ0n) is 31.9. The van der Waals surface area contributed by atoms with Crippen molar-refractivity contribution in [2.24, 2.45) is 5.92 Å². The summed E-state index contributed by atoms with van der Waals surface area (Å²) < 4.78 is 5.41. The molecule has 0 spiro atoms. The number of aliphatic hydroxyl groups is 3. The zero-order valence-corrected chi connectivity index (χ0v) is 31.9. The van der Waals surface area contributed by atoms with Crippen molar-refractivity contribution >= 4 is 5.97 Å². The molecule has 6 nitrogen and oxygen atoms in total. The van der Waals surface area contributed by atoms with Crippen molar-refractivity contribution in [1.29, 1.82) is 0 Å². The van der Waals surface area contributed by atoms with Crippen LogP contribution in [-0.4, -0.2) is 71.2 Å². The first-order valence-electron chi connectivity index (χ1n) is 20.8. The Morgan fingerprint density at radius 1 is 0.553 bits per heavy atom. The molecule has 0 fully saturated rings. The average molecular weight is 670 g/mol. The van der Waals surface area contributed by atoms with Gasteiger partial charge < -0.3 is 20.1 Å². The summed E-state index contributed by atoms with van der Waals surface area (Å²) in [4.78, 5) is 14.2. The van der Waals surface area contributed by atoms with Gasteiger partial charge in [0.1, 0.15) is 0 Å². The molecule has 0 heterocycles. The third-order valence-electron chi connectivity index (χ3n) is 9.88. The lowest BCUT2D eigenvalue weighted by Gasteiger charge is -2.31. The van der Waals surface area contributed by atoms with Crippen LogP contribution in [0.1, 0.15) is 207 Å². The molecule has 0 amide bonds. The lowest BCUT2D eigenvalue weighted by molar-refractivity contribution is -0.143. The van der Waals surface area contributed by atoms with Crippen LogP contribution in [0.2, 0.25) is 0 Å². The van der Waals surface area contributed by atoms with Gasteiger partial charge in [0.2, 0.25) is 0 Å². The van der Waals surface area contributed by atoms with E-state index >= 15 is 0 Å². The smallest absolute Gasteiger partial charge is 0.305 e. The molecule has 0 rings (SSSR count). The molecule has 0 radical (unpaired) electrons. The second kappa shape index (κ2) is 36.6. The van der Waals surface area contributed by atoms with Crippen molar-refractivity contribution in [3.8, 4) is 0 Å². The van der Waals surface area contributed by atoms with Gasteiger partial charge in [0.15, 0.2) is 0 Å². The highest BCUT2D eigenvalue weighted by atomic mass is 16.5. The van der Waals surface area contributed by atoms with E-state index in [1.165, 1.54) is 89.9 Å². The van der Waals surface area contributed by atoms with Gasteiger partial charge in [-0.3, -0.25) is 9.69 Å².